The molecule has 0 spiro atoms. The van der Waals surface area contributed by atoms with E-state index in [4.69, 9.17) is 9.47 Å². The van der Waals surface area contributed by atoms with Crippen molar-refractivity contribution in [2.45, 2.75) is 52.3 Å². The summed E-state index contributed by atoms with van der Waals surface area (Å²) in [4.78, 5) is 37.7. The summed E-state index contributed by atoms with van der Waals surface area (Å²) in [5, 5.41) is 5.37. The molecule has 7 heteroatoms. The van der Waals surface area contributed by atoms with E-state index in [0.29, 0.717) is 6.42 Å². The molecule has 2 aromatic rings. The van der Waals surface area contributed by atoms with Gasteiger partial charge >= 0.3 is 12.1 Å². The first-order valence-corrected chi connectivity index (χ1v) is 10.7. The molecule has 0 aliphatic carbocycles. The van der Waals surface area contributed by atoms with E-state index in [1.165, 1.54) is 7.11 Å². The molecule has 0 saturated carbocycles. The largest absolute Gasteiger partial charge is 0.467 e. The molecule has 2 atom stereocenters. The highest BCUT2D eigenvalue weighted by Crippen LogP contribution is 2.12. The Kier molecular flexibility index (Phi) is 9.73. The third kappa shape index (κ3) is 8.06. The predicted molar refractivity (Wildman–Crippen MR) is 122 cm³/mol. The van der Waals surface area contributed by atoms with Crippen molar-refractivity contribution in [2.75, 3.05) is 7.11 Å². The van der Waals surface area contributed by atoms with E-state index in [-0.39, 0.29) is 18.9 Å². The molecule has 0 radical (unpaired) electrons. The lowest BCUT2D eigenvalue weighted by atomic mass is 9.99. The van der Waals surface area contributed by atoms with Gasteiger partial charge in [-0.3, -0.25) is 4.79 Å². The number of hydrogen-bond donors (Lipinski definition) is 2. The topological polar surface area (TPSA) is 93.7 Å². The van der Waals surface area contributed by atoms with Gasteiger partial charge in [0.15, 0.2) is 0 Å². The molecule has 2 amide bonds. The van der Waals surface area contributed by atoms with E-state index in [2.05, 4.69) is 10.6 Å². The van der Waals surface area contributed by atoms with Crippen molar-refractivity contribution in [3.8, 4) is 0 Å². The number of nitrogens with one attached hydrogen (secondary N) is 2. The molecule has 0 saturated heterocycles. The minimum Gasteiger partial charge on any atom is -0.467 e. The van der Waals surface area contributed by atoms with Crippen molar-refractivity contribution >= 4 is 18.0 Å². The molecule has 0 bridgehead atoms. The fourth-order valence-electron chi connectivity index (χ4n) is 3.28. The Morgan fingerprint density at radius 2 is 1.56 bits per heavy atom. The Labute approximate surface area is 189 Å². The van der Waals surface area contributed by atoms with Crippen molar-refractivity contribution in [2.24, 2.45) is 5.92 Å². The van der Waals surface area contributed by atoms with E-state index >= 15 is 0 Å². The van der Waals surface area contributed by atoms with Gasteiger partial charge in [-0.1, -0.05) is 68.4 Å². The summed E-state index contributed by atoms with van der Waals surface area (Å²) < 4.78 is 10.1. The van der Waals surface area contributed by atoms with Crippen LogP contribution in [-0.2, 0) is 32.1 Å². The molecule has 2 aromatic carbocycles. The Morgan fingerprint density at radius 1 is 0.906 bits per heavy atom. The highest BCUT2D eigenvalue weighted by atomic mass is 16.5. The summed E-state index contributed by atoms with van der Waals surface area (Å²) in [5.41, 5.74) is 2.78. The Morgan fingerprint density at radius 3 is 2.19 bits per heavy atom. The summed E-state index contributed by atoms with van der Waals surface area (Å²) in [6, 6.07) is 15.2. The number of rotatable bonds is 10. The first-order valence-electron chi connectivity index (χ1n) is 10.7. The van der Waals surface area contributed by atoms with Crippen LogP contribution in [-0.4, -0.2) is 37.2 Å². The van der Waals surface area contributed by atoms with Gasteiger partial charge in [0.1, 0.15) is 18.7 Å². The lowest BCUT2D eigenvalue weighted by Gasteiger charge is -2.23. The molecular weight excluding hydrogens is 408 g/mol. The van der Waals surface area contributed by atoms with E-state index in [1.807, 2.05) is 75.4 Å². The van der Waals surface area contributed by atoms with Crippen LogP contribution < -0.4 is 10.6 Å². The minimum atomic E-state index is -0.870. The molecule has 32 heavy (non-hydrogen) atoms. The summed E-state index contributed by atoms with van der Waals surface area (Å²) in [5.74, 6) is -0.871. The van der Waals surface area contributed by atoms with Gasteiger partial charge in [-0.05, 0) is 36.0 Å². The molecule has 0 aliphatic rings. The summed E-state index contributed by atoms with van der Waals surface area (Å²) in [6.07, 6.45) is -0.00850. The first kappa shape index (κ1) is 24.9. The number of carbonyl (C=O) groups excluding carboxylic acids is 3. The van der Waals surface area contributed by atoms with Crippen molar-refractivity contribution in [3.05, 3.63) is 71.3 Å². The van der Waals surface area contributed by atoms with E-state index in [9.17, 15) is 14.4 Å². The molecule has 7 nitrogen and oxygen atoms in total. The zero-order valence-electron chi connectivity index (χ0n) is 19.1. The molecular formula is C25H32N2O5. The molecule has 0 heterocycles. The maximum atomic E-state index is 13.0. The first-order chi connectivity index (χ1) is 15.3. The minimum absolute atomic E-state index is 0.0980. The van der Waals surface area contributed by atoms with Crippen LogP contribution in [0.1, 0.15) is 37.0 Å². The highest BCUT2D eigenvalue weighted by molar-refractivity contribution is 5.89. The van der Waals surface area contributed by atoms with Gasteiger partial charge in [0.2, 0.25) is 5.91 Å². The molecule has 0 aliphatic heterocycles. The number of benzene rings is 2. The number of methoxy groups -OCH3 is 1. The van der Waals surface area contributed by atoms with Gasteiger partial charge in [0.05, 0.1) is 7.11 Å². The molecule has 2 N–H and O–H groups in total. The van der Waals surface area contributed by atoms with Crippen LogP contribution in [0.4, 0.5) is 4.79 Å². The Hall–Kier alpha value is -3.35. The van der Waals surface area contributed by atoms with Gasteiger partial charge in [-0.15, -0.1) is 0 Å². The number of hydrogen-bond acceptors (Lipinski definition) is 5. The van der Waals surface area contributed by atoms with Crippen molar-refractivity contribution in [1.82, 2.24) is 10.6 Å². The zero-order valence-corrected chi connectivity index (χ0v) is 19.1. The monoisotopic (exact) mass is 440 g/mol. The third-order valence-electron chi connectivity index (χ3n) is 5.02. The molecule has 2 rings (SSSR count). The van der Waals surface area contributed by atoms with Gasteiger partial charge < -0.3 is 20.1 Å². The molecule has 172 valence electrons. The van der Waals surface area contributed by atoms with Gasteiger partial charge in [0.25, 0.3) is 0 Å². The lowest BCUT2D eigenvalue weighted by molar-refractivity contribution is -0.145. The van der Waals surface area contributed by atoms with Crippen LogP contribution in [0.3, 0.4) is 0 Å². The van der Waals surface area contributed by atoms with E-state index < -0.39 is 30.1 Å². The molecule has 0 unspecified atom stereocenters. The highest BCUT2D eigenvalue weighted by Gasteiger charge is 2.28. The fourth-order valence-corrected chi connectivity index (χ4v) is 3.28. The van der Waals surface area contributed by atoms with Crippen LogP contribution in [0.15, 0.2) is 54.6 Å². The number of amides is 2. The second-order valence-electron chi connectivity index (χ2n) is 8.10. The smallest absolute Gasteiger partial charge is 0.408 e. The van der Waals surface area contributed by atoms with Gasteiger partial charge in [0, 0.05) is 6.42 Å². The van der Waals surface area contributed by atoms with Gasteiger partial charge in [-0.25, -0.2) is 9.59 Å². The number of carbonyl (C=O) groups is 3. The number of aryl methyl sites for hydroxylation is 1. The second-order valence-corrected chi connectivity index (χ2v) is 8.10. The van der Waals surface area contributed by atoms with Crippen LogP contribution >= 0.6 is 0 Å². The zero-order chi connectivity index (χ0) is 23.5. The maximum Gasteiger partial charge on any atom is 0.408 e. The summed E-state index contributed by atoms with van der Waals surface area (Å²) >= 11 is 0. The van der Waals surface area contributed by atoms with E-state index in [1.54, 1.807) is 0 Å². The average molecular weight is 441 g/mol. The normalized spacial score (nSPS) is 12.5. The number of alkyl carbamates (subject to hydrolysis) is 1. The van der Waals surface area contributed by atoms with Gasteiger partial charge in [-0.2, -0.15) is 0 Å². The lowest BCUT2D eigenvalue weighted by Crippen LogP contribution is -2.53. The van der Waals surface area contributed by atoms with Crippen LogP contribution in [0.5, 0.6) is 0 Å². The Bertz CT molecular complexity index is 898. The predicted octanol–water partition coefficient (Wildman–Crippen LogP) is 3.54. The van der Waals surface area contributed by atoms with Crippen molar-refractivity contribution in [1.29, 1.82) is 0 Å². The van der Waals surface area contributed by atoms with Crippen molar-refractivity contribution < 1.29 is 23.9 Å². The number of esters is 1. The fraction of sp³-hybridized carbons (Fsp3) is 0.400. The molecule has 0 aromatic heterocycles. The van der Waals surface area contributed by atoms with E-state index in [0.717, 1.165) is 16.7 Å². The van der Waals surface area contributed by atoms with Crippen molar-refractivity contribution in [3.63, 3.8) is 0 Å². The van der Waals surface area contributed by atoms with Crippen LogP contribution in [0.2, 0.25) is 0 Å². The standard InChI is InChI=1S/C25H32N2O5/c1-17(2)14-21(27-25(30)32-16-19-11-6-5-7-12-19)23(28)26-22(24(29)31-4)15-20-13-9-8-10-18(20)3/h5-13,17,21-22H,14-16H2,1-4H3,(H,26,28)(H,27,30)/t21-,22+/m0/s1. The van der Waals surface area contributed by atoms with Crippen LogP contribution in [0.25, 0.3) is 0 Å². The number of ether oxygens (including phenoxy) is 2. The molecule has 0 fully saturated rings. The summed E-state index contributed by atoms with van der Waals surface area (Å²) in [6.45, 7) is 5.93. The Balaban J connectivity index is 2.05. The second kappa shape index (κ2) is 12.5. The summed E-state index contributed by atoms with van der Waals surface area (Å²) in [7, 11) is 1.28. The maximum absolute atomic E-state index is 13.0. The third-order valence-corrected chi connectivity index (χ3v) is 5.02. The average Bonchev–Trinajstić information content (AvgIpc) is 2.78. The quantitative estimate of drug-likeness (QED) is 0.551. The SMILES string of the molecule is COC(=O)[C@@H](Cc1ccccc1C)NC(=O)[C@H](CC(C)C)NC(=O)OCc1ccccc1. The van der Waals surface area contributed by atoms with Crippen LogP contribution in [0, 0.1) is 12.8 Å².